The number of hydrogen-bond acceptors (Lipinski definition) is 3. The number of amides is 1. The van der Waals surface area contributed by atoms with Crippen LogP contribution in [0.1, 0.15) is 20.7 Å². The smallest absolute Gasteiger partial charge is 0.343 e. The normalized spacial score (nSPS) is 10.3. The van der Waals surface area contributed by atoms with E-state index < -0.39 is 5.97 Å². The summed E-state index contributed by atoms with van der Waals surface area (Å²) in [5.41, 5.74) is 1.15. The number of carbonyl (C=O) groups excluding carboxylic acids is 2. The zero-order valence-electron chi connectivity index (χ0n) is 13.7. The van der Waals surface area contributed by atoms with Gasteiger partial charge in [-0.1, -0.05) is 40.9 Å². The third-order valence-corrected chi connectivity index (χ3v) is 4.68. The van der Waals surface area contributed by atoms with E-state index in [0.717, 1.165) is 0 Å². The van der Waals surface area contributed by atoms with Gasteiger partial charge in [-0.25, -0.2) is 4.79 Å². The number of benzene rings is 3. The summed E-state index contributed by atoms with van der Waals surface area (Å²) in [5.74, 6) is -0.573. The third kappa shape index (κ3) is 4.80. The molecular weight excluding hydrogens is 409 g/mol. The molecule has 3 aromatic carbocycles. The maximum absolute atomic E-state index is 12.3. The molecule has 0 radical (unpaired) electrons. The molecule has 136 valence electrons. The van der Waals surface area contributed by atoms with Crippen LogP contribution in [0.15, 0.2) is 66.7 Å². The van der Waals surface area contributed by atoms with Gasteiger partial charge in [-0.05, 0) is 60.7 Å². The summed E-state index contributed by atoms with van der Waals surface area (Å²) in [5, 5.41) is 3.82. The number of anilines is 1. The van der Waals surface area contributed by atoms with Crippen molar-refractivity contribution in [1.82, 2.24) is 0 Å². The van der Waals surface area contributed by atoms with E-state index in [1.54, 1.807) is 42.5 Å². The monoisotopic (exact) mass is 419 g/mol. The second-order valence-corrected chi connectivity index (χ2v) is 6.70. The third-order valence-electron chi connectivity index (χ3n) is 3.61. The lowest BCUT2D eigenvalue weighted by atomic mass is 10.2. The Morgan fingerprint density at radius 2 is 1.41 bits per heavy atom. The minimum Gasteiger partial charge on any atom is -0.423 e. The zero-order chi connectivity index (χ0) is 19.4. The molecule has 0 spiro atoms. The van der Waals surface area contributed by atoms with Gasteiger partial charge in [0.15, 0.2) is 0 Å². The molecule has 1 amide bonds. The van der Waals surface area contributed by atoms with Gasteiger partial charge in [-0.2, -0.15) is 0 Å². The van der Waals surface area contributed by atoms with Gasteiger partial charge in [-0.3, -0.25) is 4.79 Å². The van der Waals surface area contributed by atoms with Gasteiger partial charge in [0.05, 0.1) is 21.3 Å². The van der Waals surface area contributed by atoms with Crippen molar-refractivity contribution in [2.75, 3.05) is 5.32 Å². The average Bonchev–Trinajstić information content (AvgIpc) is 2.66. The first kappa shape index (κ1) is 19.2. The van der Waals surface area contributed by atoms with E-state index in [-0.39, 0.29) is 10.9 Å². The van der Waals surface area contributed by atoms with Crippen molar-refractivity contribution in [3.05, 3.63) is 92.9 Å². The summed E-state index contributed by atoms with van der Waals surface area (Å²) in [7, 11) is 0. The summed E-state index contributed by atoms with van der Waals surface area (Å²) in [6.45, 7) is 0. The second kappa shape index (κ2) is 8.44. The molecule has 0 saturated heterocycles. The van der Waals surface area contributed by atoms with E-state index in [1.807, 2.05) is 0 Å². The molecule has 0 bridgehead atoms. The quantitative estimate of drug-likeness (QED) is 0.409. The van der Waals surface area contributed by atoms with Gasteiger partial charge in [0, 0.05) is 10.6 Å². The highest BCUT2D eigenvalue weighted by Gasteiger charge is 2.12. The molecule has 0 aliphatic carbocycles. The van der Waals surface area contributed by atoms with Gasteiger partial charge in [0.2, 0.25) is 0 Å². The fraction of sp³-hybridized carbons (Fsp3) is 0. The van der Waals surface area contributed by atoms with E-state index in [9.17, 15) is 9.59 Å². The minimum atomic E-state index is -0.519. The fourth-order valence-electron chi connectivity index (χ4n) is 2.22. The number of esters is 1. The number of halogens is 3. The summed E-state index contributed by atoms with van der Waals surface area (Å²) >= 11 is 17.8. The fourth-order valence-corrected chi connectivity index (χ4v) is 2.69. The van der Waals surface area contributed by atoms with Crippen LogP contribution in [0.25, 0.3) is 0 Å². The molecule has 0 heterocycles. The molecule has 7 heteroatoms. The summed E-state index contributed by atoms with van der Waals surface area (Å²) in [6.07, 6.45) is 0. The van der Waals surface area contributed by atoms with Crippen molar-refractivity contribution in [2.24, 2.45) is 0 Å². The average molecular weight is 421 g/mol. The highest BCUT2D eigenvalue weighted by molar-refractivity contribution is 6.44. The van der Waals surface area contributed by atoms with Gasteiger partial charge in [0.1, 0.15) is 5.75 Å². The molecule has 0 saturated carbocycles. The largest absolute Gasteiger partial charge is 0.423 e. The van der Waals surface area contributed by atoms with Crippen LogP contribution in [0.4, 0.5) is 5.69 Å². The lowest BCUT2D eigenvalue weighted by Crippen LogP contribution is -2.12. The molecule has 4 nitrogen and oxygen atoms in total. The van der Waals surface area contributed by atoms with Crippen LogP contribution in [0.3, 0.4) is 0 Å². The highest BCUT2D eigenvalue weighted by Crippen LogP contribution is 2.30. The standard InChI is InChI=1S/C20H12Cl3NO3/c21-14-8-4-13(5-9-14)20(26)27-15-10-6-12(7-11-15)19(25)24-17-3-1-2-16(22)18(17)23/h1-11H,(H,24,25). The second-order valence-electron chi connectivity index (χ2n) is 5.48. The van der Waals surface area contributed by atoms with E-state index >= 15 is 0 Å². The molecule has 0 fully saturated rings. The van der Waals surface area contributed by atoms with Gasteiger partial charge >= 0.3 is 5.97 Å². The summed E-state index contributed by atoms with van der Waals surface area (Å²) in [4.78, 5) is 24.4. The number of nitrogens with one attached hydrogen (secondary N) is 1. The molecule has 0 aliphatic rings. The summed E-state index contributed by atoms with van der Waals surface area (Å²) in [6, 6.07) is 17.4. The van der Waals surface area contributed by atoms with Crippen LogP contribution < -0.4 is 10.1 Å². The number of carbonyl (C=O) groups is 2. The van der Waals surface area contributed by atoms with E-state index in [1.165, 1.54) is 24.3 Å². The topological polar surface area (TPSA) is 55.4 Å². The van der Waals surface area contributed by atoms with E-state index in [2.05, 4.69) is 5.32 Å². The van der Waals surface area contributed by atoms with Crippen LogP contribution in [-0.4, -0.2) is 11.9 Å². The molecule has 3 aromatic rings. The lowest BCUT2D eigenvalue weighted by Gasteiger charge is -2.09. The van der Waals surface area contributed by atoms with Gasteiger partial charge in [0.25, 0.3) is 5.91 Å². The Bertz CT molecular complexity index is 986. The Morgan fingerprint density at radius 3 is 2.07 bits per heavy atom. The Balaban J connectivity index is 1.67. The predicted molar refractivity (Wildman–Crippen MR) is 107 cm³/mol. The van der Waals surface area contributed by atoms with Crippen LogP contribution in [0, 0.1) is 0 Å². The lowest BCUT2D eigenvalue weighted by molar-refractivity contribution is 0.0734. The van der Waals surface area contributed by atoms with Crippen molar-refractivity contribution < 1.29 is 14.3 Å². The van der Waals surface area contributed by atoms with Gasteiger partial charge in [-0.15, -0.1) is 0 Å². The maximum Gasteiger partial charge on any atom is 0.343 e. The Morgan fingerprint density at radius 1 is 0.778 bits per heavy atom. The molecule has 0 aliphatic heterocycles. The maximum atomic E-state index is 12.3. The molecule has 0 unspecified atom stereocenters. The zero-order valence-corrected chi connectivity index (χ0v) is 16.0. The Hall–Kier alpha value is -2.53. The SMILES string of the molecule is O=C(Nc1cccc(Cl)c1Cl)c1ccc(OC(=O)c2ccc(Cl)cc2)cc1. The molecular formula is C20H12Cl3NO3. The highest BCUT2D eigenvalue weighted by atomic mass is 35.5. The van der Waals surface area contributed by atoms with E-state index in [0.29, 0.717) is 32.6 Å². The molecule has 27 heavy (non-hydrogen) atoms. The van der Waals surface area contributed by atoms with Gasteiger partial charge < -0.3 is 10.1 Å². The summed E-state index contributed by atoms with van der Waals surface area (Å²) < 4.78 is 5.28. The van der Waals surface area contributed by atoms with Crippen LogP contribution in [0.5, 0.6) is 5.75 Å². The first-order valence-electron chi connectivity index (χ1n) is 7.77. The molecule has 0 aromatic heterocycles. The number of ether oxygens (including phenoxy) is 1. The molecule has 0 atom stereocenters. The first-order valence-corrected chi connectivity index (χ1v) is 8.90. The van der Waals surface area contributed by atoms with Crippen LogP contribution in [0.2, 0.25) is 15.1 Å². The van der Waals surface area contributed by atoms with Crippen LogP contribution >= 0.6 is 34.8 Å². The van der Waals surface area contributed by atoms with Crippen molar-refractivity contribution in [2.45, 2.75) is 0 Å². The Labute approximate surface area is 170 Å². The molecule has 1 N–H and O–H groups in total. The van der Waals surface area contributed by atoms with Crippen molar-refractivity contribution in [3.63, 3.8) is 0 Å². The number of rotatable bonds is 4. The number of hydrogen-bond donors (Lipinski definition) is 1. The van der Waals surface area contributed by atoms with Crippen molar-refractivity contribution in [1.29, 1.82) is 0 Å². The minimum absolute atomic E-state index is 0.265. The molecule has 3 rings (SSSR count). The first-order chi connectivity index (χ1) is 12.9. The van der Waals surface area contributed by atoms with Crippen molar-refractivity contribution >= 4 is 52.4 Å². The van der Waals surface area contributed by atoms with Crippen molar-refractivity contribution in [3.8, 4) is 5.75 Å². The predicted octanol–water partition coefficient (Wildman–Crippen LogP) is 6.12. The van der Waals surface area contributed by atoms with Crippen LogP contribution in [-0.2, 0) is 0 Å². The Kier molecular flexibility index (Phi) is 6.01. The van der Waals surface area contributed by atoms with E-state index in [4.69, 9.17) is 39.5 Å².